The van der Waals surface area contributed by atoms with Crippen molar-refractivity contribution < 1.29 is 13.2 Å². The molecule has 0 N–H and O–H groups in total. The molecule has 0 aliphatic rings. The maximum absolute atomic E-state index is 12.5. The monoisotopic (exact) mass is 267 g/mol. The van der Waals surface area contributed by atoms with Crippen LogP contribution in [0.4, 0.5) is 13.2 Å². The van der Waals surface area contributed by atoms with Gasteiger partial charge in [-0.3, -0.25) is 4.98 Å². The van der Waals surface area contributed by atoms with E-state index in [0.717, 1.165) is 18.0 Å². The second-order valence-electron chi connectivity index (χ2n) is 4.42. The Kier molecular flexibility index (Phi) is 3.50. The van der Waals surface area contributed by atoms with Gasteiger partial charge in [0.1, 0.15) is 12.0 Å². The Hall–Kier alpha value is -1.98. The molecule has 0 unspecified atom stereocenters. The molecular formula is C13H12F3N3. The maximum atomic E-state index is 12.5. The lowest BCUT2D eigenvalue weighted by Crippen LogP contribution is -2.08. The minimum Gasteiger partial charge on any atom is -0.254 e. The van der Waals surface area contributed by atoms with Crippen molar-refractivity contribution in [3.8, 4) is 11.4 Å². The second-order valence-corrected chi connectivity index (χ2v) is 4.42. The molecule has 0 bridgehead atoms. The molecule has 3 nitrogen and oxygen atoms in total. The van der Waals surface area contributed by atoms with Crippen LogP contribution in [0.15, 0.2) is 30.7 Å². The average Bonchev–Trinajstić information content (AvgIpc) is 2.38. The van der Waals surface area contributed by atoms with Crippen LogP contribution in [0.3, 0.4) is 0 Å². The Morgan fingerprint density at radius 1 is 1.00 bits per heavy atom. The fraction of sp³-hybridized carbons (Fsp3) is 0.308. The highest BCUT2D eigenvalue weighted by Gasteiger charge is 2.32. The van der Waals surface area contributed by atoms with E-state index in [4.69, 9.17) is 0 Å². The van der Waals surface area contributed by atoms with Crippen molar-refractivity contribution >= 4 is 0 Å². The first kappa shape index (κ1) is 13.5. The molecule has 0 aromatic carbocycles. The van der Waals surface area contributed by atoms with Crippen LogP contribution in [0, 0.1) is 0 Å². The van der Waals surface area contributed by atoms with Gasteiger partial charge in [0.25, 0.3) is 0 Å². The van der Waals surface area contributed by atoms with E-state index in [1.807, 2.05) is 19.9 Å². The zero-order chi connectivity index (χ0) is 14.0. The lowest BCUT2D eigenvalue weighted by molar-refractivity contribution is -0.141. The Bertz CT molecular complexity index is 562. The normalized spacial score (nSPS) is 11.9. The summed E-state index contributed by atoms with van der Waals surface area (Å²) in [4.78, 5) is 11.2. The lowest BCUT2D eigenvalue weighted by atomic mass is 10.1. The van der Waals surface area contributed by atoms with E-state index in [-0.39, 0.29) is 5.69 Å². The molecule has 0 saturated heterocycles. The van der Waals surface area contributed by atoms with Crippen molar-refractivity contribution in [3.05, 3.63) is 42.0 Å². The molecule has 0 amide bonds. The number of hydrogen-bond acceptors (Lipinski definition) is 3. The molecule has 0 aliphatic carbocycles. The number of nitrogens with zero attached hydrogens (tertiary/aromatic N) is 3. The van der Waals surface area contributed by atoms with Gasteiger partial charge >= 0.3 is 6.18 Å². The van der Waals surface area contributed by atoms with E-state index in [2.05, 4.69) is 15.0 Å². The van der Waals surface area contributed by atoms with E-state index in [1.165, 1.54) is 0 Å². The number of hydrogen-bond donors (Lipinski definition) is 0. The van der Waals surface area contributed by atoms with Gasteiger partial charge in [-0.25, -0.2) is 9.97 Å². The van der Waals surface area contributed by atoms with Crippen LogP contribution in [-0.2, 0) is 6.18 Å². The van der Waals surface area contributed by atoms with Crippen molar-refractivity contribution in [1.29, 1.82) is 0 Å². The zero-order valence-corrected chi connectivity index (χ0v) is 10.4. The SMILES string of the molecule is CC(C)c1ccc(-c2cc(C(F)(F)F)ncn2)nc1. The molecule has 6 heteroatoms. The van der Waals surface area contributed by atoms with Crippen LogP contribution in [0.2, 0.25) is 0 Å². The molecule has 0 fully saturated rings. The highest BCUT2D eigenvalue weighted by Crippen LogP contribution is 2.29. The third-order valence-corrected chi connectivity index (χ3v) is 2.67. The summed E-state index contributed by atoms with van der Waals surface area (Å²) in [5.74, 6) is 0.317. The number of rotatable bonds is 2. The van der Waals surface area contributed by atoms with Crippen molar-refractivity contribution in [2.75, 3.05) is 0 Å². The summed E-state index contributed by atoms with van der Waals surface area (Å²) >= 11 is 0. The molecule has 0 saturated carbocycles. The van der Waals surface area contributed by atoms with Crippen LogP contribution in [0.5, 0.6) is 0 Å². The van der Waals surface area contributed by atoms with Gasteiger partial charge in [0.15, 0.2) is 0 Å². The van der Waals surface area contributed by atoms with Crippen LogP contribution in [-0.4, -0.2) is 15.0 Å². The van der Waals surface area contributed by atoms with Crippen molar-refractivity contribution in [3.63, 3.8) is 0 Å². The molecular weight excluding hydrogens is 255 g/mol. The first-order valence-corrected chi connectivity index (χ1v) is 5.73. The van der Waals surface area contributed by atoms with Crippen molar-refractivity contribution in [2.24, 2.45) is 0 Å². The molecule has 19 heavy (non-hydrogen) atoms. The van der Waals surface area contributed by atoms with E-state index in [0.29, 0.717) is 11.6 Å². The summed E-state index contributed by atoms with van der Waals surface area (Å²) in [6.07, 6.45) is -1.93. The van der Waals surface area contributed by atoms with Gasteiger partial charge in [0.2, 0.25) is 0 Å². The smallest absolute Gasteiger partial charge is 0.254 e. The summed E-state index contributed by atoms with van der Waals surface area (Å²) in [5.41, 5.74) is 0.621. The second kappa shape index (κ2) is 4.95. The molecule has 2 rings (SSSR count). The number of aromatic nitrogens is 3. The highest BCUT2D eigenvalue weighted by atomic mass is 19.4. The quantitative estimate of drug-likeness (QED) is 0.833. The van der Waals surface area contributed by atoms with Crippen LogP contribution in [0.25, 0.3) is 11.4 Å². The first-order chi connectivity index (χ1) is 8.88. The Morgan fingerprint density at radius 2 is 1.74 bits per heavy atom. The topological polar surface area (TPSA) is 38.7 Å². The van der Waals surface area contributed by atoms with Crippen LogP contribution >= 0.6 is 0 Å². The zero-order valence-electron chi connectivity index (χ0n) is 10.4. The third-order valence-electron chi connectivity index (χ3n) is 2.67. The Morgan fingerprint density at radius 3 is 2.26 bits per heavy atom. The summed E-state index contributed by atoms with van der Waals surface area (Å²) in [7, 11) is 0. The van der Waals surface area contributed by atoms with Gasteiger partial charge in [-0.15, -0.1) is 0 Å². The molecule has 0 aliphatic heterocycles. The lowest BCUT2D eigenvalue weighted by Gasteiger charge is -2.08. The molecule has 0 atom stereocenters. The summed E-state index contributed by atoms with van der Waals surface area (Å²) < 4.78 is 37.6. The van der Waals surface area contributed by atoms with Gasteiger partial charge < -0.3 is 0 Å². The van der Waals surface area contributed by atoms with E-state index in [9.17, 15) is 13.2 Å². The van der Waals surface area contributed by atoms with Crippen molar-refractivity contribution in [2.45, 2.75) is 25.9 Å². The van der Waals surface area contributed by atoms with Crippen LogP contribution < -0.4 is 0 Å². The van der Waals surface area contributed by atoms with Gasteiger partial charge in [-0.05, 0) is 23.6 Å². The maximum Gasteiger partial charge on any atom is 0.433 e. The minimum absolute atomic E-state index is 0.164. The van der Waals surface area contributed by atoms with Gasteiger partial charge in [-0.2, -0.15) is 13.2 Å². The van der Waals surface area contributed by atoms with Crippen LogP contribution in [0.1, 0.15) is 31.0 Å². The summed E-state index contributed by atoms with van der Waals surface area (Å²) in [6, 6.07) is 4.40. The highest BCUT2D eigenvalue weighted by molar-refractivity contribution is 5.54. The minimum atomic E-state index is -4.48. The number of alkyl halides is 3. The fourth-order valence-corrected chi connectivity index (χ4v) is 1.55. The van der Waals surface area contributed by atoms with Crippen molar-refractivity contribution in [1.82, 2.24) is 15.0 Å². The van der Waals surface area contributed by atoms with Gasteiger partial charge in [0, 0.05) is 6.20 Å². The Balaban J connectivity index is 2.37. The third kappa shape index (κ3) is 3.07. The van der Waals surface area contributed by atoms with E-state index < -0.39 is 11.9 Å². The number of halogens is 3. The summed E-state index contributed by atoms with van der Waals surface area (Å²) in [5, 5.41) is 0. The average molecular weight is 267 g/mol. The standard InChI is InChI=1S/C13H12F3N3/c1-8(2)9-3-4-10(17-6-9)11-5-12(13(14,15)16)19-7-18-11/h3-8H,1-2H3. The molecule has 2 aromatic rings. The Labute approximate surface area is 108 Å². The molecule has 2 aromatic heterocycles. The van der Waals surface area contributed by atoms with E-state index in [1.54, 1.807) is 12.3 Å². The molecule has 0 spiro atoms. The predicted octanol–water partition coefficient (Wildman–Crippen LogP) is 3.68. The predicted molar refractivity (Wildman–Crippen MR) is 64.4 cm³/mol. The molecule has 2 heterocycles. The van der Waals surface area contributed by atoms with E-state index >= 15 is 0 Å². The largest absolute Gasteiger partial charge is 0.433 e. The summed E-state index contributed by atoms with van der Waals surface area (Å²) in [6.45, 7) is 4.03. The molecule has 0 radical (unpaired) electrons. The van der Waals surface area contributed by atoms with Gasteiger partial charge in [-0.1, -0.05) is 19.9 Å². The first-order valence-electron chi connectivity index (χ1n) is 5.73. The molecule has 100 valence electrons. The fourth-order valence-electron chi connectivity index (χ4n) is 1.55. The van der Waals surface area contributed by atoms with Gasteiger partial charge in [0.05, 0.1) is 11.4 Å². The number of pyridine rings is 1.